The van der Waals surface area contributed by atoms with Crippen LogP contribution in [-0.4, -0.2) is 38.5 Å². The molecule has 2 rings (SSSR count). The number of hydrogen-bond donors (Lipinski definition) is 1. The van der Waals surface area contributed by atoms with Gasteiger partial charge >= 0.3 is 0 Å². The third-order valence-corrected chi connectivity index (χ3v) is 5.43. The van der Waals surface area contributed by atoms with Gasteiger partial charge in [0.15, 0.2) is 0 Å². The molecule has 100 valence electrons. The van der Waals surface area contributed by atoms with Crippen molar-refractivity contribution in [3.8, 4) is 0 Å². The fraction of sp³-hybridized carbons (Fsp3) is 0.455. The first-order valence-corrected chi connectivity index (χ1v) is 7.40. The van der Waals surface area contributed by atoms with Gasteiger partial charge in [0.2, 0.25) is 10.0 Å². The summed E-state index contributed by atoms with van der Waals surface area (Å²) in [5.74, 6) is 0. The zero-order valence-electron chi connectivity index (χ0n) is 9.97. The van der Waals surface area contributed by atoms with Crippen molar-refractivity contribution in [2.45, 2.75) is 17.9 Å². The number of benzene rings is 1. The number of anilines is 1. The van der Waals surface area contributed by atoms with Gasteiger partial charge < -0.3 is 10.5 Å². The molecule has 1 aromatic carbocycles. The Hall–Kier alpha value is -0.820. The predicted molar refractivity (Wildman–Crippen MR) is 70.0 cm³/mol. The van der Waals surface area contributed by atoms with Crippen LogP contribution in [0.1, 0.15) is 6.92 Å². The number of ether oxygens (including phenoxy) is 1. The summed E-state index contributed by atoms with van der Waals surface area (Å²) >= 11 is 5.96. The van der Waals surface area contributed by atoms with Crippen molar-refractivity contribution in [3.63, 3.8) is 0 Å². The summed E-state index contributed by atoms with van der Waals surface area (Å²) in [4.78, 5) is -0.0135. The van der Waals surface area contributed by atoms with Gasteiger partial charge in [-0.2, -0.15) is 4.31 Å². The largest absolute Gasteiger partial charge is 0.398 e. The second-order valence-corrected chi connectivity index (χ2v) is 6.43. The Labute approximate surface area is 112 Å². The minimum Gasteiger partial charge on any atom is -0.398 e. The lowest BCUT2D eigenvalue weighted by Gasteiger charge is -2.32. The number of morpholine rings is 1. The molecule has 7 heteroatoms. The molecule has 0 radical (unpaired) electrons. The van der Waals surface area contributed by atoms with Crippen LogP contribution in [0.4, 0.5) is 5.69 Å². The van der Waals surface area contributed by atoms with Crippen LogP contribution in [-0.2, 0) is 14.8 Å². The molecule has 0 aromatic heterocycles. The fourth-order valence-corrected chi connectivity index (χ4v) is 4.22. The summed E-state index contributed by atoms with van der Waals surface area (Å²) in [6.45, 7) is 2.87. The van der Waals surface area contributed by atoms with E-state index in [0.29, 0.717) is 19.8 Å². The summed E-state index contributed by atoms with van der Waals surface area (Å²) in [5, 5.41) is 0.147. The standard InChI is InChI=1S/C11H15ClN2O3S/c1-8-7-17-6-5-14(8)18(15,16)11-9(12)3-2-4-10(11)13/h2-4,8H,5-7,13H2,1H3/t8-/m1/s1. The first-order chi connectivity index (χ1) is 8.44. The molecule has 0 bridgehead atoms. The number of nitrogens with zero attached hydrogens (tertiary/aromatic N) is 1. The first-order valence-electron chi connectivity index (χ1n) is 5.58. The Kier molecular flexibility index (Phi) is 3.82. The van der Waals surface area contributed by atoms with Crippen LogP contribution in [0, 0.1) is 0 Å². The molecule has 0 saturated carbocycles. The van der Waals surface area contributed by atoms with Crippen LogP contribution >= 0.6 is 11.6 Å². The number of hydrogen-bond acceptors (Lipinski definition) is 4. The summed E-state index contributed by atoms with van der Waals surface area (Å²) in [6, 6.07) is 4.46. The predicted octanol–water partition coefficient (Wildman–Crippen LogP) is 1.33. The number of halogens is 1. The summed E-state index contributed by atoms with van der Waals surface area (Å²) in [7, 11) is -3.68. The highest BCUT2D eigenvalue weighted by atomic mass is 35.5. The molecular weight excluding hydrogens is 276 g/mol. The zero-order valence-corrected chi connectivity index (χ0v) is 11.5. The number of nitrogens with two attached hydrogens (primary N) is 1. The summed E-state index contributed by atoms with van der Waals surface area (Å²) < 4.78 is 31.7. The topological polar surface area (TPSA) is 72.6 Å². The molecule has 1 aromatic rings. The fourth-order valence-electron chi connectivity index (χ4n) is 1.98. The maximum Gasteiger partial charge on any atom is 0.247 e. The molecule has 1 saturated heterocycles. The number of nitrogen functional groups attached to an aromatic ring is 1. The second kappa shape index (κ2) is 5.05. The quantitative estimate of drug-likeness (QED) is 0.834. The molecular formula is C11H15ClN2O3S. The third kappa shape index (κ3) is 2.33. The van der Waals surface area contributed by atoms with E-state index in [4.69, 9.17) is 22.1 Å². The molecule has 5 nitrogen and oxygen atoms in total. The van der Waals surface area contributed by atoms with Crippen LogP contribution in [0.15, 0.2) is 23.1 Å². The lowest BCUT2D eigenvalue weighted by atomic mass is 10.3. The van der Waals surface area contributed by atoms with E-state index < -0.39 is 10.0 Å². The Bertz CT molecular complexity index is 527. The number of rotatable bonds is 2. The Morgan fingerprint density at radius 2 is 2.22 bits per heavy atom. The SMILES string of the molecule is C[C@@H]1COCCN1S(=O)(=O)c1c(N)cccc1Cl. The van der Waals surface area contributed by atoms with Gasteiger partial charge in [-0.1, -0.05) is 17.7 Å². The molecule has 1 aliphatic heterocycles. The first kappa shape index (κ1) is 13.6. The lowest BCUT2D eigenvalue weighted by Crippen LogP contribution is -2.47. The monoisotopic (exact) mass is 290 g/mol. The average Bonchev–Trinajstić information content (AvgIpc) is 2.28. The van der Waals surface area contributed by atoms with E-state index in [9.17, 15) is 8.42 Å². The van der Waals surface area contributed by atoms with Crippen LogP contribution in [0.25, 0.3) is 0 Å². The van der Waals surface area contributed by atoms with Crippen molar-refractivity contribution in [2.75, 3.05) is 25.5 Å². The third-order valence-electron chi connectivity index (χ3n) is 2.87. The molecule has 1 fully saturated rings. The molecule has 1 atom stereocenters. The van der Waals surface area contributed by atoms with Gasteiger partial charge in [-0.05, 0) is 19.1 Å². The second-order valence-electron chi connectivity index (χ2n) is 4.20. The maximum absolute atomic E-state index is 12.5. The van der Waals surface area contributed by atoms with E-state index in [-0.39, 0.29) is 21.6 Å². The van der Waals surface area contributed by atoms with Crippen molar-refractivity contribution < 1.29 is 13.2 Å². The van der Waals surface area contributed by atoms with Crippen molar-refractivity contribution in [2.24, 2.45) is 0 Å². The van der Waals surface area contributed by atoms with Gasteiger partial charge in [-0.25, -0.2) is 8.42 Å². The van der Waals surface area contributed by atoms with Gasteiger partial charge in [0.25, 0.3) is 0 Å². The van der Waals surface area contributed by atoms with Crippen LogP contribution in [0.5, 0.6) is 0 Å². The van der Waals surface area contributed by atoms with E-state index in [1.165, 1.54) is 16.4 Å². The highest BCUT2D eigenvalue weighted by molar-refractivity contribution is 7.89. The van der Waals surface area contributed by atoms with Gasteiger partial charge in [-0.3, -0.25) is 0 Å². The molecule has 1 heterocycles. The molecule has 18 heavy (non-hydrogen) atoms. The normalized spacial score (nSPS) is 22.0. The smallest absolute Gasteiger partial charge is 0.247 e. The zero-order chi connectivity index (χ0) is 13.3. The Morgan fingerprint density at radius 3 is 2.83 bits per heavy atom. The number of sulfonamides is 1. The van der Waals surface area contributed by atoms with E-state index in [1.54, 1.807) is 13.0 Å². The highest BCUT2D eigenvalue weighted by Gasteiger charge is 2.34. The molecule has 0 unspecified atom stereocenters. The van der Waals surface area contributed by atoms with Gasteiger partial charge in [0.1, 0.15) is 4.90 Å². The molecule has 1 aliphatic rings. The molecule has 0 spiro atoms. The average molecular weight is 291 g/mol. The Morgan fingerprint density at radius 1 is 1.50 bits per heavy atom. The summed E-state index contributed by atoms with van der Waals surface area (Å²) in [5.41, 5.74) is 5.91. The Balaban J connectivity index is 2.48. The van der Waals surface area contributed by atoms with Crippen LogP contribution in [0.3, 0.4) is 0 Å². The van der Waals surface area contributed by atoms with Gasteiger partial charge in [0.05, 0.1) is 23.9 Å². The minimum absolute atomic E-state index is 0.0135. The molecule has 0 amide bonds. The minimum atomic E-state index is -3.68. The van der Waals surface area contributed by atoms with Crippen LogP contribution < -0.4 is 5.73 Å². The van der Waals surface area contributed by atoms with Crippen molar-refractivity contribution in [3.05, 3.63) is 23.2 Å². The van der Waals surface area contributed by atoms with E-state index in [1.807, 2.05) is 0 Å². The van der Waals surface area contributed by atoms with Crippen LogP contribution in [0.2, 0.25) is 5.02 Å². The van der Waals surface area contributed by atoms with E-state index in [0.717, 1.165) is 0 Å². The van der Waals surface area contributed by atoms with Crippen molar-refractivity contribution in [1.82, 2.24) is 4.31 Å². The van der Waals surface area contributed by atoms with Gasteiger partial charge in [-0.15, -0.1) is 0 Å². The summed E-state index contributed by atoms with van der Waals surface area (Å²) in [6.07, 6.45) is 0. The van der Waals surface area contributed by atoms with Gasteiger partial charge in [0, 0.05) is 12.6 Å². The maximum atomic E-state index is 12.5. The van der Waals surface area contributed by atoms with E-state index >= 15 is 0 Å². The molecule has 2 N–H and O–H groups in total. The van der Waals surface area contributed by atoms with E-state index in [2.05, 4.69) is 0 Å². The lowest BCUT2D eigenvalue weighted by molar-refractivity contribution is 0.0393. The molecule has 0 aliphatic carbocycles. The van der Waals surface area contributed by atoms with Crippen molar-refractivity contribution in [1.29, 1.82) is 0 Å². The van der Waals surface area contributed by atoms with Crippen molar-refractivity contribution >= 4 is 27.3 Å². The highest BCUT2D eigenvalue weighted by Crippen LogP contribution is 2.31.